The Bertz CT molecular complexity index is 298. The van der Waals surface area contributed by atoms with Gasteiger partial charge in [-0.05, 0) is 26.3 Å². The summed E-state index contributed by atoms with van der Waals surface area (Å²) in [6.45, 7) is 7.19. The van der Waals surface area contributed by atoms with Crippen molar-refractivity contribution < 1.29 is 4.74 Å². The molecule has 0 saturated heterocycles. The molecule has 1 aromatic heterocycles. The van der Waals surface area contributed by atoms with Crippen LogP contribution in [0.4, 0.5) is 0 Å². The second-order valence-electron chi connectivity index (χ2n) is 3.65. The Morgan fingerprint density at radius 3 is 2.81 bits per heavy atom. The molecule has 0 spiro atoms. The molecule has 5 heteroatoms. The summed E-state index contributed by atoms with van der Waals surface area (Å²) in [4.78, 5) is 0. The molecule has 0 amide bonds. The molecule has 1 aromatic rings. The van der Waals surface area contributed by atoms with Crippen LogP contribution in [0.5, 0.6) is 0 Å². The summed E-state index contributed by atoms with van der Waals surface area (Å²) >= 11 is 0. The Labute approximate surface area is 97.0 Å². The van der Waals surface area contributed by atoms with Gasteiger partial charge in [-0.25, -0.2) is 4.68 Å². The highest BCUT2D eigenvalue weighted by Crippen LogP contribution is 2.07. The molecule has 0 aliphatic heterocycles. The summed E-state index contributed by atoms with van der Waals surface area (Å²) in [5.41, 5.74) is 7.79. The lowest BCUT2D eigenvalue weighted by atomic mass is 10.2. The summed E-state index contributed by atoms with van der Waals surface area (Å²) < 4.78 is 7.28. The molecule has 1 rings (SSSR count). The van der Waals surface area contributed by atoms with Gasteiger partial charge in [0.25, 0.3) is 0 Å². The van der Waals surface area contributed by atoms with Crippen molar-refractivity contribution in [3.05, 3.63) is 11.4 Å². The van der Waals surface area contributed by atoms with Crippen molar-refractivity contribution in [2.45, 2.75) is 39.7 Å². The maximum absolute atomic E-state index is 5.54. The van der Waals surface area contributed by atoms with Crippen LogP contribution in [0.1, 0.15) is 31.7 Å². The maximum atomic E-state index is 5.54. The first-order valence-corrected chi connectivity index (χ1v) is 6.02. The maximum Gasteiger partial charge on any atom is 0.0871 e. The van der Waals surface area contributed by atoms with Gasteiger partial charge < -0.3 is 10.5 Å². The summed E-state index contributed by atoms with van der Waals surface area (Å²) in [6, 6.07) is 0. The predicted octanol–water partition coefficient (Wildman–Crippen LogP) is 0.768. The molecule has 16 heavy (non-hydrogen) atoms. The van der Waals surface area contributed by atoms with E-state index < -0.39 is 0 Å². The van der Waals surface area contributed by atoms with E-state index in [0.29, 0.717) is 6.54 Å². The highest BCUT2D eigenvalue weighted by atomic mass is 16.5. The van der Waals surface area contributed by atoms with Crippen LogP contribution < -0.4 is 5.73 Å². The van der Waals surface area contributed by atoms with E-state index >= 15 is 0 Å². The van der Waals surface area contributed by atoms with Gasteiger partial charge in [-0.3, -0.25) is 0 Å². The average molecular weight is 226 g/mol. The lowest BCUT2D eigenvalue weighted by molar-refractivity contribution is 0.140. The Morgan fingerprint density at radius 1 is 1.38 bits per heavy atom. The summed E-state index contributed by atoms with van der Waals surface area (Å²) in [5, 5.41) is 8.33. The largest absolute Gasteiger partial charge is 0.382 e. The molecular weight excluding hydrogens is 204 g/mol. The smallest absolute Gasteiger partial charge is 0.0871 e. The zero-order valence-electron chi connectivity index (χ0n) is 10.3. The molecule has 2 N–H and O–H groups in total. The van der Waals surface area contributed by atoms with E-state index in [1.54, 1.807) is 0 Å². The van der Waals surface area contributed by atoms with Gasteiger partial charge in [0, 0.05) is 26.2 Å². The molecular formula is C11H22N4O. The monoisotopic (exact) mass is 226 g/mol. The van der Waals surface area contributed by atoms with Crippen LogP contribution in [0, 0.1) is 0 Å². The van der Waals surface area contributed by atoms with Crippen LogP contribution >= 0.6 is 0 Å². The van der Waals surface area contributed by atoms with Gasteiger partial charge in [0.05, 0.1) is 11.4 Å². The standard InChI is InChI=1S/C11H22N4O/c1-3-11-10(6-7-12)13-14-15(11)8-5-9-16-4-2/h3-9,12H2,1-2H3. The lowest BCUT2D eigenvalue weighted by Gasteiger charge is -2.05. The van der Waals surface area contributed by atoms with Crippen LogP contribution in [0.25, 0.3) is 0 Å². The molecule has 0 bridgehead atoms. The second kappa shape index (κ2) is 7.35. The molecule has 1 heterocycles. The Balaban J connectivity index is 2.51. The quantitative estimate of drug-likeness (QED) is 0.665. The van der Waals surface area contributed by atoms with Crippen LogP contribution in [-0.4, -0.2) is 34.8 Å². The van der Waals surface area contributed by atoms with E-state index in [0.717, 1.165) is 44.7 Å². The third-order valence-corrected chi connectivity index (χ3v) is 2.50. The highest BCUT2D eigenvalue weighted by Gasteiger charge is 2.09. The minimum Gasteiger partial charge on any atom is -0.382 e. The van der Waals surface area contributed by atoms with Crippen molar-refractivity contribution >= 4 is 0 Å². The SMILES string of the molecule is CCOCCCn1nnc(CCN)c1CC. The van der Waals surface area contributed by atoms with Crippen LogP contribution in [0.2, 0.25) is 0 Å². The molecule has 0 aliphatic rings. The fraction of sp³-hybridized carbons (Fsp3) is 0.818. The van der Waals surface area contributed by atoms with Gasteiger partial charge in [-0.1, -0.05) is 12.1 Å². The van der Waals surface area contributed by atoms with E-state index in [1.165, 1.54) is 5.69 Å². The lowest BCUT2D eigenvalue weighted by Crippen LogP contribution is -2.09. The number of rotatable bonds is 8. The molecule has 0 aliphatic carbocycles. The predicted molar refractivity (Wildman–Crippen MR) is 63.3 cm³/mol. The zero-order chi connectivity index (χ0) is 11.8. The summed E-state index contributed by atoms with van der Waals surface area (Å²) in [7, 11) is 0. The molecule has 0 unspecified atom stereocenters. The van der Waals surface area contributed by atoms with Crippen molar-refractivity contribution in [3.63, 3.8) is 0 Å². The van der Waals surface area contributed by atoms with E-state index in [2.05, 4.69) is 17.2 Å². The van der Waals surface area contributed by atoms with Crippen molar-refractivity contribution in [2.75, 3.05) is 19.8 Å². The van der Waals surface area contributed by atoms with Gasteiger partial charge in [0.2, 0.25) is 0 Å². The number of aryl methyl sites for hydroxylation is 1. The van der Waals surface area contributed by atoms with Crippen molar-refractivity contribution in [3.8, 4) is 0 Å². The topological polar surface area (TPSA) is 66.0 Å². The van der Waals surface area contributed by atoms with Gasteiger partial charge in [-0.15, -0.1) is 5.10 Å². The Morgan fingerprint density at radius 2 is 2.19 bits per heavy atom. The van der Waals surface area contributed by atoms with Gasteiger partial charge in [0.1, 0.15) is 0 Å². The van der Waals surface area contributed by atoms with Crippen LogP contribution in [-0.2, 0) is 24.1 Å². The first kappa shape index (κ1) is 13.1. The number of aromatic nitrogens is 3. The second-order valence-corrected chi connectivity index (χ2v) is 3.65. The minimum absolute atomic E-state index is 0.630. The molecule has 0 radical (unpaired) electrons. The summed E-state index contributed by atoms with van der Waals surface area (Å²) in [6.07, 6.45) is 2.75. The van der Waals surface area contributed by atoms with E-state index in [-0.39, 0.29) is 0 Å². The summed E-state index contributed by atoms with van der Waals surface area (Å²) in [5.74, 6) is 0. The molecule has 0 aromatic carbocycles. The van der Waals surface area contributed by atoms with E-state index in [1.807, 2.05) is 11.6 Å². The number of nitrogens with two attached hydrogens (primary N) is 1. The number of nitrogens with zero attached hydrogens (tertiary/aromatic N) is 3. The molecule has 5 nitrogen and oxygen atoms in total. The molecule has 0 saturated carbocycles. The van der Waals surface area contributed by atoms with Crippen molar-refractivity contribution in [1.82, 2.24) is 15.0 Å². The zero-order valence-corrected chi connectivity index (χ0v) is 10.3. The minimum atomic E-state index is 0.630. The normalized spacial score (nSPS) is 10.9. The van der Waals surface area contributed by atoms with Crippen LogP contribution in [0.15, 0.2) is 0 Å². The fourth-order valence-electron chi connectivity index (χ4n) is 1.73. The third-order valence-electron chi connectivity index (χ3n) is 2.50. The van der Waals surface area contributed by atoms with E-state index in [9.17, 15) is 0 Å². The van der Waals surface area contributed by atoms with Crippen molar-refractivity contribution in [1.29, 1.82) is 0 Å². The fourth-order valence-corrected chi connectivity index (χ4v) is 1.73. The Hall–Kier alpha value is -0.940. The average Bonchev–Trinajstić information content (AvgIpc) is 2.67. The molecule has 0 atom stereocenters. The van der Waals surface area contributed by atoms with Crippen molar-refractivity contribution in [2.24, 2.45) is 5.73 Å². The molecule has 92 valence electrons. The highest BCUT2D eigenvalue weighted by molar-refractivity contribution is 5.10. The van der Waals surface area contributed by atoms with E-state index in [4.69, 9.17) is 10.5 Å². The molecule has 0 fully saturated rings. The van der Waals surface area contributed by atoms with Gasteiger partial charge >= 0.3 is 0 Å². The third kappa shape index (κ3) is 3.57. The number of ether oxygens (including phenoxy) is 1. The first-order valence-electron chi connectivity index (χ1n) is 6.02. The van der Waals surface area contributed by atoms with Crippen LogP contribution in [0.3, 0.4) is 0 Å². The first-order chi connectivity index (χ1) is 7.83. The van der Waals surface area contributed by atoms with Gasteiger partial charge in [-0.2, -0.15) is 0 Å². The Kier molecular flexibility index (Phi) is 6.03. The number of hydrogen-bond donors (Lipinski definition) is 1. The van der Waals surface area contributed by atoms with Gasteiger partial charge in [0.15, 0.2) is 0 Å². The number of hydrogen-bond acceptors (Lipinski definition) is 4.